The minimum atomic E-state index is -3.84. The highest BCUT2D eigenvalue weighted by molar-refractivity contribution is 7.92. The van der Waals surface area contributed by atoms with Crippen molar-refractivity contribution in [1.82, 2.24) is 10.2 Å². The normalized spacial score (nSPS) is 11.8. The molecule has 3 aromatic rings. The van der Waals surface area contributed by atoms with Gasteiger partial charge in [0.1, 0.15) is 29.8 Å². The van der Waals surface area contributed by atoms with Crippen molar-refractivity contribution in [3.05, 3.63) is 84.4 Å². The Kier molecular flexibility index (Phi) is 10.3. The number of methoxy groups -OCH3 is 1. The number of rotatable bonds is 13. The fraction of sp³-hybridized carbons (Fsp3) is 0.310. The van der Waals surface area contributed by atoms with E-state index in [4.69, 9.17) is 9.47 Å². The molecule has 0 radical (unpaired) electrons. The third-order valence-electron chi connectivity index (χ3n) is 5.99. The van der Waals surface area contributed by atoms with Gasteiger partial charge in [0.2, 0.25) is 21.8 Å². The number of amides is 2. The summed E-state index contributed by atoms with van der Waals surface area (Å²) in [4.78, 5) is 27.8. The lowest BCUT2D eigenvalue weighted by Gasteiger charge is -2.31. The monoisotopic (exact) mass is 553 g/mol. The Morgan fingerprint density at radius 3 is 2.18 bits per heavy atom. The first kappa shape index (κ1) is 29.5. The van der Waals surface area contributed by atoms with Crippen molar-refractivity contribution in [2.45, 2.75) is 32.9 Å². The fourth-order valence-electron chi connectivity index (χ4n) is 3.86. The number of nitrogens with zero attached hydrogens (tertiary/aromatic N) is 2. The second-order valence-corrected chi connectivity index (χ2v) is 10.9. The number of anilines is 1. The van der Waals surface area contributed by atoms with Gasteiger partial charge in [-0.15, -0.1) is 0 Å². The molecule has 0 saturated carbocycles. The largest absolute Gasteiger partial charge is 0.497 e. The fourth-order valence-corrected chi connectivity index (χ4v) is 4.71. The molecule has 10 heteroatoms. The number of benzene rings is 3. The Morgan fingerprint density at radius 1 is 0.923 bits per heavy atom. The maximum Gasteiger partial charge on any atom is 0.244 e. The molecule has 0 fully saturated rings. The highest BCUT2D eigenvalue weighted by Crippen LogP contribution is 2.26. The standard InChI is InChI=1S/C29H35N3O6S/c1-5-18-30-29(34)22(2)31(20-23-10-9-13-27(19-23)37-3)28(33)21-32(39(4,35)36)24-14-16-26(17-15-24)38-25-11-7-6-8-12-25/h6-17,19,22H,5,18,20-21H2,1-4H3,(H,30,34)/t22-/m1/s1. The van der Waals surface area contributed by atoms with Crippen molar-refractivity contribution in [2.75, 3.05) is 30.8 Å². The van der Waals surface area contributed by atoms with Gasteiger partial charge in [-0.05, 0) is 67.4 Å². The van der Waals surface area contributed by atoms with Crippen LogP contribution in [-0.4, -0.2) is 57.6 Å². The molecule has 3 rings (SSSR count). The summed E-state index contributed by atoms with van der Waals surface area (Å²) < 4.78 is 37.7. The molecule has 0 aromatic heterocycles. The first-order valence-corrected chi connectivity index (χ1v) is 14.5. The number of hydrogen-bond acceptors (Lipinski definition) is 6. The predicted molar refractivity (Wildman–Crippen MR) is 151 cm³/mol. The minimum Gasteiger partial charge on any atom is -0.497 e. The van der Waals surface area contributed by atoms with E-state index < -0.39 is 28.5 Å². The van der Waals surface area contributed by atoms with Crippen molar-refractivity contribution in [3.8, 4) is 17.2 Å². The maximum atomic E-state index is 13.6. The van der Waals surface area contributed by atoms with E-state index >= 15 is 0 Å². The maximum absolute atomic E-state index is 13.6. The van der Waals surface area contributed by atoms with Crippen LogP contribution in [0.15, 0.2) is 78.9 Å². The molecular weight excluding hydrogens is 518 g/mol. The van der Waals surface area contributed by atoms with Crippen molar-refractivity contribution < 1.29 is 27.5 Å². The highest BCUT2D eigenvalue weighted by Gasteiger charge is 2.30. The topological polar surface area (TPSA) is 105 Å². The molecule has 1 N–H and O–H groups in total. The van der Waals surface area contributed by atoms with Crippen molar-refractivity contribution >= 4 is 27.5 Å². The molecule has 0 bridgehead atoms. The first-order chi connectivity index (χ1) is 18.6. The molecule has 2 amide bonds. The van der Waals surface area contributed by atoms with Crippen LogP contribution in [0.5, 0.6) is 17.2 Å². The van der Waals surface area contributed by atoms with Crippen LogP contribution in [0.4, 0.5) is 5.69 Å². The second kappa shape index (κ2) is 13.7. The quantitative estimate of drug-likeness (QED) is 0.340. The summed E-state index contributed by atoms with van der Waals surface area (Å²) in [6, 6.07) is 22.0. The van der Waals surface area contributed by atoms with E-state index in [1.807, 2.05) is 43.3 Å². The predicted octanol–water partition coefficient (Wildman–Crippen LogP) is 4.20. The Labute approximate surface area is 230 Å². The van der Waals surface area contributed by atoms with Crippen LogP contribution >= 0.6 is 0 Å². The van der Waals surface area contributed by atoms with Gasteiger partial charge in [-0.3, -0.25) is 13.9 Å². The van der Waals surface area contributed by atoms with Crippen LogP contribution in [0.2, 0.25) is 0 Å². The Hall–Kier alpha value is -4.05. The van der Waals surface area contributed by atoms with E-state index in [9.17, 15) is 18.0 Å². The van der Waals surface area contributed by atoms with Gasteiger partial charge in [0, 0.05) is 13.1 Å². The summed E-state index contributed by atoms with van der Waals surface area (Å²) >= 11 is 0. The highest BCUT2D eigenvalue weighted by atomic mass is 32.2. The Bertz CT molecular complexity index is 1350. The van der Waals surface area contributed by atoms with Gasteiger partial charge in [0.05, 0.1) is 19.1 Å². The summed E-state index contributed by atoms with van der Waals surface area (Å²) in [5.74, 6) is 0.932. The van der Waals surface area contributed by atoms with Crippen LogP contribution < -0.4 is 19.1 Å². The molecule has 0 aliphatic rings. The lowest BCUT2D eigenvalue weighted by molar-refractivity contribution is -0.139. The van der Waals surface area contributed by atoms with Gasteiger partial charge in [0.25, 0.3) is 0 Å². The molecule has 0 heterocycles. The molecule has 9 nitrogen and oxygen atoms in total. The van der Waals surface area contributed by atoms with E-state index in [2.05, 4.69) is 5.32 Å². The van der Waals surface area contributed by atoms with Gasteiger partial charge in [-0.1, -0.05) is 37.3 Å². The van der Waals surface area contributed by atoms with Gasteiger partial charge >= 0.3 is 0 Å². The summed E-state index contributed by atoms with van der Waals surface area (Å²) in [5.41, 5.74) is 1.04. The average Bonchev–Trinajstić information content (AvgIpc) is 2.93. The summed E-state index contributed by atoms with van der Waals surface area (Å²) in [6.07, 6.45) is 1.78. The van der Waals surface area contributed by atoms with Crippen molar-refractivity contribution in [2.24, 2.45) is 0 Å². The second-order valence-electron chi connectivity index (χ2n) is 9.02. The van der Waals surface area contributed by atoms with E-state index in [1.54, 1.807) is 56.5 Å². The smallest absolute Gasteiger partial charge is 0.244 e. The molecule has 39 heavy (non-hydrogen) atoms. The SMILES string of the molecule is CCCNC(=O)[C@@H](C)N(Cc1cccc(OC)c1)C(=O)CN(c1ccc(Oc2ccccc2)cc1)S(C)(=O)=O. The van der Waals surface area contributed by atoms with E-state index in [1.165, 1.54) is 4.90 Å². The van der Waals surface area contributed by atoms with E-state index in [0.29, 0.717) is 29.5 Å². The molecule has 0 saturated heterocycles. The van der Waals surface area contributed by atoms with E-state index in [0.717, 1.165) is 22.5 Å². The molecule has 0 aliphatic heterocycles. The molecule has 1 atom stereocenters. The van der Waals surface area contributed by atoms with E-state index in [-0.39, 0.29) is 12.5 Å². The zero-order valence-electron chi connectivity index (χ0n) is 22.7. The summed E-state index contributed by atoms with van der Waals surface area (Å²) in [6.45, 7) is 3.65. The van der Waals surface area contributed by atoms with Crippen LogP contribution in [-0.2, 0) is 26.2 Å². The zero-order chi connectivity index (χ0) is 28.4. The van der Waals surface area contributed by atoms with Crippen molar-refractivity contribution in [1.29, 1.82) is 0 Å². The summed E-state index contributed by atoms with van der Waals surface area (Å²) in [5, 5.41) is 2.81. The van der Waals surface area contributed by atoms with Crippen LogP contribution in [0.3, 0.4) is 0 Å². The number of carbonyl (C=O) groups is 2. The molecule has 208 valence electrons. The average molecular weight is 554 g/mol. The number of hydrogen-bond donors (Lipinski definition) is 1. The number of nitrogens with one attached hydrogen (secondary N) is 1. The zero-order valence-corrected chi connectivity index (χ0v) is 23.5. The van der Waals surface area contributed by atoms with Crippen LogP contribution in [0.1, 0.15) is 25.8 Å². The van der Waals surface area contributed by atoms with Crippen molar-refractivity contribution in [3.63, 3.8) is 0 Å². The van der Waals surface area contributed by atoms with Crippen LogP contribution in [0.25, 0.3) is 0 Å². The van der Waals surface area contributed by atoms with Crippen LogP contribution in [0, 0.1) is 0 Å². The third kappa shape index (κ3) is 8.47. The number of carbonyl (C=O) groups excluding carboxylic acids is 2. The Balaban J connectivity index is 1.86. The molecule has 0 unspecified atom stereocenters. The lowest BCUT2D eigenvalue weighted by atomic mass is 10.1. The third-order valence-corrected chi connectivity index (χ3v) is 7.13. The van der Waals surface area contributed by atoms with Gasteiger partial charge in [-0.2, -0.15) is 0 Å². The molecule has 3 aromatic carbocycles. The van der Waals surface area contributed by atoms with Gasteiger partial charge < -0.3 is 19.7 Å². The number of para-hydroxylation sites is 1. The number of sulfonamides is 1. The first-order valence-electron chi connectivity index (χ1n) is 12.6. The molecular formula is C29H35N3O6S. The summed E-state index contributed by atoms with van der Waals surface area (Å²) in [7, 11) is -2.29. The molecule has 0 spiro atoms. The number of ether oxygens (including phenoxy) is 2. The Morgan fingerprint density at radius 2 is 1.56 bits per heavy atom. The van der Waals surface area contributed by atoms with Gasteiger partial charge in [-0.25, -0.2) is 8.42 Å². The van der Waals surface area contributed by atoms with Gasteiger partial charge in [0.15, 0.2) is 0 Å². The minimum absolute atomic E-state index is 0.0954. The molecule has 0 aliphatic carbocycles. The lowest BCUT2D eigenvalue weighted by Crippen LogP contribution is -2.51.